The molecule has 3 aromatic rings. The van der Waals surface area contributed by atoms with Crippen LogP contribution in [0.1, 0.15) is 40.2 Å². The summed E-state index contributed by atoms with van der Waals surface area (Å²) in [4.78, 5) is 25.1. The van der Waals surface area contributed by atoms with E-state index in [0.29, 0.717) is 16.4 Å². The number of aromatic nitrogens is 3. The first-order chi connectivity index (χ1) is 14.9. The molecule has 1 aromatic heterocycles. The zero-order valence-electron chi connectivity index (χ0n) is 17.8. The van der Waals surface area contributed by atoms with E-state index in [1.165, 1.54) is 11.8 Å². The lowest BCUT2D eigenvalue weighted by atomic mass is 10.1. The molecule has 4 rings (SSSR count). The van der Waals surface area contributed by atoms with E-state index < -0.39 is 0 Å². The molecule has 0 unspecified atom stereocenters. The standard InChI is InChI=1S/C23H25N5O2S/c1-14-8-9-15(2)20(12-14)28-16(3)26-27-23(28)31-13-21(29)25-19-7-5-4-6-18(19)22(30)24-17-10-11-17/h4-9,12,17H,10-11,13H2,1-3H3,(H,24,30)(H,25,29). The van der Waals surface area contributed by atoms with Crippen molar-refractivity contribution in [2.24, 2.45) is 0 Å². The molecule has 2 N–H and O–H groups in total. The zero-order chi connectivity index (χ0) is 22.0. The molecule has 2 aromatic carbocycles. The molecule has 7 nitrogen and oxygen atoms in total. The summed E-state index contributed by atoms with van der Waals surface area (Å²) < 4.78 is 1.97. The number of carbonyl (C=O) groups is 2. The minimum absolute atomic E-state index is 0.154. The molecule has 0 atom stereocenters. The van der Waals surface area contributed by atoms with E-state index in [4.69, 9.17) is 0 Å². The van der Waals surface area contributed by atoms with Crippen LogP contribution in [-0.2, 0) is 4.79 Å². The van der Waals surface area contributed by atoms with Gasteiger partial charge in [0.2, 0.25) is 5.91 Å². The number of aryl methyl sites for hydroxylation is 3. The second-order valence-electron chi connectivity index (χ2n) is 7.79. The van der Waals surface area contributed by atoms with E-state index in [1.807, 2.05) is 25.3 Å². The fourth-order valence-corrected chi connectivity index (χ4v) is 4.06. The van der Waals surface area contributed by atoms with Gasteiger partial charge in [-0.2, -0.15) is 0 Å². The average Bonchev–Trinajstić information content (AvgIpc) is 3.49. The highest BCUT2D eigenvalue weighted by Crippen LogP contribution is 2.26. The monoisotopic (exact) mass is 435 g/mol. The molecule has 2 amide bonds. The number of benzene rings is 2. The Balaban J connectivity index is 1.46. The molecule has 1 aliphatic carbocycles. The summed E-state index contributed by atoms with van der Waals surface area (Å²) in [5, 5.41) is 14.9. The molecule has 1 heterocycles. The van der Waals surface area contributed by atoms with Crippen molar-refractivity contribution < 1.29 is 9.59 Å². The third-order valence-corrected chi connectivity index (χ3v) is 6.02. The quantitative estimate of drug-likeness (QED) is 0.551. The molecule has 0 aliphatic heterocycles. The molecular formula is C23H25N5O2S. The van der Waals surface area contributed by atoms with Crippen LogP contribution in [0.4, 0.5) is 5.69 Å². The fraction of sp³-hybridized carbons (Fsp3) is 0.304. The SMILES string of the molecule is Cc1ccc(C)c(-n2c(C)nnc2SCC(=O)Nc2ccccc2C(=O)NC2CC2)c1. The van der Waals surface area contributed by atoms with Crippen LogP contribution in [-0.4, -0.2) is 38.4 Å². The van der Waals surface area contributed by atoms with E-state index in [0.717, 1.165) is 35.5 Å². The van der Waals surface area contributed by atoms with Crippen molar-refractivity contribution in [1.82, 2.24) is 20.1 Å². The maximum Gasteiger partial charge on any atom is 0.253 e. The van der Waals surface area contributed by atoms with Crippen LogP contribution in [0.25, 0.3) is 5.69 Å². The van der Waals surface area contributed by atoms with Gasteiger partial charge in [-0.1, -0.05) is 36.0 Å². The molecule has 160 valence electrons. The lowest BCUT2D eigenvalue weighted by molar-refractivity contribution is -0.113. The molecule has 0 spiro atoms. The smallest absolute Gasteiger partial charge is 0.253 e. The second-order valence-corrected chi connectivity index (χ2v) is 8.73. The molecule has 1 saturated carbocycles. The lowest BCUT2D eigenvalue weighted by Gasteiger charge is -2.13. The van der Waals surface area contributed by atoms with Crippen LogP contribution in [0.15, 0.2) is 47.6 Å². The number of rotatable bonds is 7. The van der Waals surface area contributed by atoms with E-state index in [2.05, 4.69) is 39.0 Å². The molecule has 8 heteroatoms. The van der Waals surface area contributed by atoms with Crippen LogP contribution in [0.5, 0.6) is 0 Å². The van der Waals surface area contributed by atoms with Gasteiger partial charge in [0, 0.05) is 6.04 Å². The third kappa shape index (κ3) is 4.96. The average molecular weight is 436 g/mol. The summed E-state index contributed by atoms with van der Waals surface area (Å²) in [6.45, 7) is 5.98. The third-order valence-electron chi connectivity index (χ3n) is 5.09. The van der Waals surface area contributed by atoms with Gasteiger partial charge in [-0.15, -0.1) is 10.2 Å². The Kier molecular flexibility index (Phi) is 6.08. The number of para-hydroxylation sites is 1. The molecular weight excluding hydrogens is 410 g/mol. The van der Waals surface area contributed by atoms with Gasteiger partial charge >= 0.3 is 0 Å². The number of nitrogens with one attached hydrogen (secondary N) is 2. The number of carbonyl (C=O) groups excluding carboxylic acids is 2. The number of amides is 2. The van der Waals surface area contributed by atoms with Crippen molar-refractivity contribution in [1.29, 1.82) is 0 Å². The second kappa shape index (κ2) is 8.93. The Bertz CT molecular complexity index is 1140. The Hall–Kier alpha value is -3.13. The minimum Gasteiger partial charge on any atom is -0.349 e. The summed E-state index contributed by atoms with van der Waals surface area (Å²) in [7, 11) is 0. The van der Waals surface area contributed by atoms with Gasteiger partial charge in [-0.3, -0.25) is 14.2 Å². The van der Waals surface area contributed by atoms with Crippen molar-refractivity contribution in [2.75, 3.05) is 11.1 Å². The Labute approximate surface area is 185 Å². The fourth-order valence-electron chi connectivity index (χ4n) is 3.27. The first kappa shape index (κ1) is 21.1. The zero-order valence-corrected chi connectivity index (χ0v) is 18.6. The van der Waals surface area contributed by atoms with Gasteiger partial charge in [-0.05, 0) is 62.9 Å². The molecule has 0 bridgehead atoms. The highest BCUT2D eigenvalue weighted by molar-refractivity contribution is 7.99. The summed E-state index contributed by atoms with van der Waals surface area (Å²) in [6.07, 6.45) is 2.02. The van der Waals surface area contributed by atoms with Gasteiger partial charge in [0.15, 0.2) is 5.16 Å². The molecule has 31 heavy (non-hydrogen) atoms. The number of nitrogens with zero attached hydrogens (tertiary/aromatic N) is 3. The molecule has 1 fully saturated rings. The van der Waals surface area contributed by atoms with Crippen LogP contribution in [0.2, 0.25) is 0 Å². The van der Waals surface area contributed by atoms with Crippen molar-refractivity contribution in [3.63, 3.8) is 0 Å². The van der Waals surface area contributed by atoms with Crippen LogP contribution in [0, 0.1) is 20.8 Å². The number of anilines is 1. The van der Waals surface area contributed by atoms with E-state index in [-0.39, 0.29) is 23.6 Å². The maximum absolute atomic E-state index is 12.6. The number of hydrogen-bond acceptors (Lipinski definition) is 5. The number of thioether (sulfide) groups is 1. The van der Waals surface area contributed by atoms with Crippen molar-refractivity contribution in [3.05, 3.63) is 65.0 Å². The molecule has 0 saturated heterocycles. The normalized spacial score (nSPS) is 13.1. The number of hydrogen-bond donors (Lipinski definition) is 2. The topological polar surface area (TPSA) is 88.9 Å². The highest BCUT2D eigenvalue weighted by Gasteiger charge is 2.25. The molecule has 0 radical (unpaired) electrons. The maximum atomic E-state index is 12.6. The Morgan fingerprint density at radius 2 is 1.87 bits per heavy atom. The summed E-state index contributed by atoms with van der Waals surface area (Å²) in [6, 6.07) is 13.5. The van der Waals surface area contributed by atoms with Crippen molar-refractivity contribution in [3.8, 4) is 5.69 Å². The van der Waals surface area contributed by atoms with Gasteiger partial charge in [-0.25, -0.2) is 0 Å². The highest BCUT2D eigenvalue weighted by atomic mass is 32.2. The van der Waals surface area contributed by atoms with Crippen molar-refractivity contribution >= 4 is 29.3 Å². The van der Waals surface area contributed by atoms with E-state index in [9.17, 15) is 9.59 Å². The van der Waals surface area contributed by atoms with E-state index in [1.54, 1.807) is 24.3 Å². The predicted molar refractivity (Wildman–Crippen MR) is 122 cm³/mol. The first-order valence-electron chi connectivity index (χ1n) is 10.2. The van der Waals surface area contributed by atoms with Crippen LogP contribution in [0.3, 0.4) is 0 Å². The predicted octanol–water partition coefficient (Wildman–Crippen LogP) is 3.82. The minimum atomic E-state index is -0.204. The van der Waals surface area contributed by atoms with Gasteiger partial charge in [0.25, 0.3) is 5.91 Å². The lowest BCUT2D eigenvalue weighted by Crippen LogP contribution is -2.27. The Morgan fingerprint density at radius 1 is 1.10 bits per heavy atom. The van der Waals surface area contributed by atoms with Crippen LogP contribution < -0.4 is 10.6 Å². The first-order valence-corrected chi connectivity index (χ1v) is 11.2. The Morgan fingerprint density at radius 3 is 2.65 bits per heavy atom. The molecule has 1 aliphatic rings. The summed E-state index contributed by atoms with van der Waals surface area (Å²) >= 11 is 1.32. The summed E-state index contributed by atoms with van der Waals surface area (Å²) in [5.41, 5.74) is 4.24. The van der Waals surface area contributed by atoms with E-state index >= 15 is 0 Å². The van der Waals surface area contributed by atoms with Gasteiger partial charge < -0.3 is 10.6 Å². The van der Waals surface area contributed by atoms with Crippen molar-refractivity contribution in [2.45, 2.75) is 44.8 Å². The largest absolute Gasteiger partial charge is 0.349 e. The van der Waals surface area contributed by atoms with Crippen LogP contribution >= 0.6 is 11.8 Å². The van der Waals surface area contributed by atoms with Gasteiger partial charge in [0.05, 0.1) is 22.7 Å². The summed E-state index contributed by atoms with van der Waals surface area (Å²) in [5.74, 6) is 0.557. The van der Waals surface area contributed by atoms with Gasteiger partial charge in [0.1, 0.15) is 5.82 Å².